The molecule has 1 amide bonds. The average Bonchev–Trinajstić information content (AvgIpc) is 2.92. The minimum absolute atomic E-state index is 0.145. The Morgan fingerprint density at radius 3 is 2.74 bits per heavy atom. The fourth-order valence-electron chi connectivity index (χ4n) is 1.79. The second kappa shape index (κ2) is 4.37. The number of nitrogens with zero attached hydrogens (tertiary/aromatic N) is 2. The van der Waals surface area contributed by atoms with Gasteiger partial charge in [0, 0.05) is 17.8 Å². The van der Waals surface area contributed by atoms with Crippen molar-refractivity contribution in [1.82, 2.24) is 20.2 Å². The third-order valence-corrected chi connectivity index (χ3v) is 2.64. The molecule has 0 bridgehead atoms. The Morgan fingerprint density at radius 1 is 1.21 bits per heavy atom. The summed E-state index contributed by atoms with van der Waals surface area (Å²) in [7, 11) is 0. The van der Waals surface area contributed by atoms with E-state index in [0.29, 0.717) is 16.7 Å². The number of carbonyl (C=O) groups is 1. The Balaban J connectivity index is 2.08. The molecule has 0 aliphatic rings. The van der Waals surface area contributed by atoms with E-state index in [4.69, 9.17) is 0 Å². The van der Waals surface area contributed by atoms with E-state index in [0.717, 1.165) is 0 Å². The van der Waals surface area contributed by atoms with E-state index in [-0.39, 0.29) is 11.3 Å². The molecule has 3 aromatic rings. The Hall–Kier alpha value is -2.96. The lowest BCUT2D eigenvalue weighted by molar-refractivity contribution is 0.102. The molecule has 0 saturated carbocycles. The van der Waals surface area contributed by atoms with Crippen molar-refractivity contribution in [2.75, 3.05) is 5.32 Å². The molecule has 0 atom stereocenters. The normalized spacial score (nSPS) is 10.5. The number of aromatic nitrogens is 4. The van der Waals surface area contributed by atoms with Crippen LogP contribution in [0.15, 0.2) is 41.5 Å². The van der Waals surface area contributed by atoms with E-state index < -0.39 is 5.91 Å². The largest absolute Gasteiger partial charge is 0.331 e. The van der Waals surface area contributed by atoms with Crippen LogP contribution in [0.5, 0.6) is 0 Å². The van der Waals surface area contributed by atoms with Crippen molar-refractivity contribution in [3.63, 3.8) is 0 Å². The molecule has 3 rings (SSSR count). The second-order valence-electron chi connectivity index (χ2n) is 3.84. The van der Waals surface area contributed by atoms with Crippen LogP contribution in [0, 0.1) is 0 Å². The summed E-state index contributed by atoms with van der Waals surface area (Å²) < 4.78 is 0. The molecule has 19 heavy (non-hydrogen) atoms. The van der Waals surface area contributed by atoms with Gasteiger partial charge in [0.2, 0.25) is 5.95 Å². The topological polar surface area (TPSA) is 104 Å². The molecular formula is C12H9N5O2. The second-order valence-corrected chi connectivity index (χ2v) is 3.84. The van der Waals surface area contributed by atoms with Crippen molar-refractivity contribution in [2.45, 2.75) is 0 Å². The van der Waals surface area contributed by atoms with Gasteiger partial charge in [0.15, 0.2) is 5.69 Å². The molecule has 0 spiro atoms. The maximum absolute atomic E-state index is 12.1. The zero-order chi connectivity index (χ0) is 13.2. The van der Waals surface area contributed by atoms with Gasteiger partial charge in [0.1, 0.15) is 0 Å². The van der Waals surface area contributed by atoms with E-state index in [2.05, 4.69) is 25.5 Å². The van der Waals surface area contributed by atoms with Crippen molar-refractivity contribution < 1.29 is 4.79 Å². The molecule has 0 unspecified atom stereocenters. The molecule has 0 aliphatic carbocycles. The lowest BCUT2D eigenvalue weighted by Crippen LogP contribution is -2.19. The number of rotatable bonds is 2. The van der Waals surface area contributed by atoms with Crippen LogP contribution in [0.2, 0.25) is 0 Å². The van der Waals surface area contributed by atoms with Crippen LogP contribution in [0.3, 0.4) is 0 Å². The van der Waals surface area contributed by atoms with Crippen LogP contribution in [-0.2, 0) is 0 Å². The first-order valence-electron chi connectivity index (χ1n) is 5.54. The van der Waals surface area contributed by atoms with Crippen LogP contribution in [-0.4, -0.2) is 26.1 Å². The van der Waals surface area contributed by atoms with E-state index in [1.165, 1.54) is 6.20 Å². The fourth-order valence-corrected chi connectivity index (χ4v) is 1.79. The lowest BCUT2D eigenvalue weighted by atomic mass is 10.1. The monoisotopic (exact) mass is 255 g/mol. The minimum Gasteiger partial charge on any atom is -0.331 e. The molecule has 0 radical (unpaired) electrons. The highest BCUT2D eigenvalue weighted by atomic mass is 16.2. The van der Waals surface area contributed by atoms with Gasteiger partial charge in [-0.25, -0.2) is 10.1 Å². The summed E-state index contributed by atoms with van der Waals surface area (Å²) in [4.78, 5) is 30.3. The number of hydrogen-bond donors (Lipinski definition) is 3. The molecule has 0 saturated heterocycles. The molecule has 7 nitrogen and oxygen atoms in total. The first kappa shape index (κ1) is 11.1. The molecule has 2 aromatic heterocycles. The van der Waals surface area contributed by atoms with E-state index >= 15 is 0 Å². The summed E-state index contributed by atoms with van der Waals surface area (Å²) in [5, 5.41) is 9.58. The number of benzene rings is 1. The molecule has 7 heteroatoms. The number of carbonyl (C=O) groups excluding carboxylic acids is 1. The summed E-state index contributed by atoms with van der Waals surface area (Å²) >= 11 is 0. The van der Waals surface area contributed by atoms with Crippen LogP contribution in [0.4, 0.5) is 5.95 Å². The maximum Gasteiger partial charge on any atom is 0.279 e. The standard InChI is InChI=1S/C12H9N5O2/c18-10-8-4-2-1-3-7(8)9(16-17-10)11(19)15-12-13-5-6-14-12/h1-6H,(H,17,18)(H2,13,14,15,19). The Morgan fingerprint density at radius 2 is 2.00 bits per heavy atom. The first-order valence-corrected chi connectivity index (χ1v) is 5.54. The highest BCUT2D eigenvalue weighted by Crippen LogP contribution is 2.13. The van der Waals surface area contributed by atoms with E-state index in [9.17, 15) is 9.59 Å². The number of anilines is 1. The Labute approximate surface area is 106 Å². The number of hydrogen-bond acceptors (Lipinski definition) is 4. The molecule has 94 valence electrons. The average molecular weight is 255 g/mol. The van der Waals surface area contributed by atoms with Gasteiger partial charge < -0.3 is 4.98 Å². The van der Waals surface area contributed by atoms with E-state index in [1.807, 2.05) is 0 Å². The predicted molar refractivity (Wildman–Crippen MR) is 68.9 cm³/mol. The minimum atomic E-state index is -0.442. The van der Waals surface area contributed by atoms with Gasteiger partial charge in [0.25, 0.3) is 11.5 Å². The third-order valence-electron chi connectivity index (χ3n) is 2.64. The van der Waals surface area contributed by atoms with Gasteiger partial charge in [-0.15, -0.1) is 0 Å². The van der Waals surface area contributed by atoms with Crippen molar-refractivity contribution >= 4 is 22.6 Å². The number of amides is 1. The zero-order valence-corrected chi connectivity index (χ0v) is 9.68. The fraction of sp³-hybridized carbons (Fsp3) is 0. The molecule has 3 N–H and O–H groups in total. The number of H-pyrrole nitrogens is 2. The molecule has 1 aromatic carbocycles. The van der Waals surface area contributed by atoms with Crippen LogP contribution in [0.1, 0.15) is 10.5 Å². The summed E-state index contributed by atoms with van der Waals surface area (Å²) in [6.45, 7) is 0. The van der Waals surface area contributed by atoms with Gasteiger partial charge >= 0.3 is 0 Å². The lowest BCUT2D eigenvalue weighted by Gasteiger charge is -2.04. The quantitative estimate of drug-likeness (QED) is 0.632. The highest BCUT2D eigenvalue weighted by Gasteiger charge is 2.14. The summed E-state index contributed by atoms with van der Waals surface area (Å²) in [5.41, 5.74) is -0.184. The van der Waals surface area contributed by atoms with Crippen LogP contribution >= 0.6 is 0 Å². The van der Waals surface area contributed by atoms with Gasteiger partial charge in [-0.2, -0.15) is 5.10 Å². The SMILES string of the molecule is O=C(Nc1ncc[nH]1)c1n[nH]c(=O)c2ccccc12. The van der Waals surface area contributed by atoms with Crippen molar-refractivity contribution in [1.29, 1.82) is 0 Å². The summed E-state index contributed by atoms with van der Waals surface area (Å²) in [6, 6.07) is 6.78. The van der Waals surface area contributed by atoms with Gasteiger partial charge in [0.05, 0.1) is 5.39 Å². The summed E-state index contributed by atoms with van der Waals surface area (Å²) in [6.07, 6.45) is 3.11. The Kier molecular flexibility index (Phi) is 2.57. The summed E-state index contributed by atoms with van der Waals surface area (Å²) in [5.74, 6) is -0.121. The van der Waals surface area contributed by atoms with Crippen molar-refractivity contribution in [3.05, 3.63) is 52.7 Å². The molecular weight excluding hydrogens is 246 g/mol. The number of fused-ring (bicyclic) bond motifs is 1. The number of imidazole rings is 1. The molecule has 0 fully saturated rings. The van der Waals surface area contributed by atoms with Crippen LogP contribution in [0.25, 0.3) is 10.8 Å². The zero-order valence-electron chi connectivity index (χ0n) is 9.68. The van der Waals surface area contributed by atoms with Gasteiger partial charge in [-0.05, 0) is 6.07 Å². The third kappa shape index (κ3) is 1.97. The predicted octanol–water partition coefficient (Wildman–Crippen LogP) is 0.898. The smallest absolute Gasteiger partial charge is 0.279 e. The number of aromatic amines is 2. The van der Waals surface area contributed by atoms with Crippen LogP contribution < -0.4 is 10.9 Å². The number of nitrogens with one attached hydrogen (secondary N) is 3. The molecule has 2 heterocycles. The van der Waals surface area contributed by atoms with Gasteiger partial charge in [-0.3, -0.25) is 14.9 Å². The van der Waals surface area contributed by atoms with Crippen molar-refractivity contribution in [3.8, 4) is 0 Å². The van der Waals surface area contributed by atoms with Crippen molar-refractivity contribution in [2.24, 2.45) is 0 Å². The highest BCUT2D eigenvalue weighted by molar-refractivity contribution is 6.10. The van der Waals surface area contributed by atoms with Gasteiger partial charge in [-0.1, -0.05) is 18.2 Å². The Bertz CT molecular complexity index is 791. The molecule has 0 aliphatic heterocycles. The maximum atomic E-state index is 12.1. The van der Waals surface area contributed by atoms with E-state index in [1.54, 1.807) is 30.5 Å². The first-order chi connectivity index (χ1) is 9.25.